The Bertz CT molecular complexity index is 1050. The monoisotopic (exact) mass is 496 g/mol. The second-order valence-electron chi connectivity index (χ2n) is 6.63. The van der Waals surface area contributed by atoms with Gasteiger partial charge in [-0.1, -0.05) is 58.5 Å². The molecule has 4 rings (SSSR count). The van der Waals surface area contributed by atoms with Gasteiger partial charge in [0.1, 0.15) is 12.2 Å². The Balaban J connectivity index is 1.69. The van der Waals surface area contributed by atoms with Crippen molar-refractivity contribution < 1.29 is 4.74 Å². The molecule has 2 atom stereocenters. The Morgan fingerprint density at radius 2 is 1.00 bits per heavy atom. The lowest BCUT2D eigenvalue weighted by Crippen LogP contribution is -2.21. The number of benzene rings is 2. The van der Waals surface area contributed by atoms with Crippen LogP contribution in [0, 0.1) is 0 Å². The molecule has 0 radical (unpaired) electrons. The molecule has 0 N–H and O–H groups in total. The Hall–Kier alpha value is -2.16. The van der Waals surface area contributed by atoms with Crippen LogP contribution in [0.25, 0.3) is 0 Å². The number of aromatic nitrogens is 6. The van der Waals surface area contributed by atoms with E-state index in [2.05, 4.69) is 20.4 Å². The Kier molecular flexibility index (Phi) is 7.09. The molecule has 11 heteroatoms. The zero-order valence-corrected chi connectivity index (χ0v) is 19.0. The van der Waals surface area contributed by atoms with Crippen LogP contribution in [-0.4, -0.2) is 30.0 Å². The fraction of sp³-hybridized carbons (Fsp3) is 0.200. The summed E-state index contributed by atoms with van der Waals surface area (Å²) >= 11 is 24.7. The van der Waals surface area contributed by atoms with Gasteiger partial charge in [0, 0.05) is 0 Å². The predicted molar refractivity (Wildman–Crippen MR) is 120 cm³/mol. The molecule has 31 heavy (non-hydrogen) atoms. The summed E-state index contributed by atoms with van der Waals surface area (Å²) in [4.78, 5) is 3.09. The van der Waals surface area contributed by atoms with Crippen LogP contribution in [0.4, 0.5) is 0 Å². The van der Waals surface area contributed by atoms with Crippen molar-refractivity contribution in [2.45, 2.75) is 25.3 Å². The molecule has 0 fully saturated rings. The second kappa shape index (κ2) is 9.97. The quantitative estimate of drug-likeness (QED) is 0.313. The summed E-state index contributed by atoms with van der Waals surface area (Å²) in [6, 6.07) is 10.7. The first-order chi connectivity index (χ1) is 15.0. The number of ether oxygens (including phenoxy) is 1. The van der Waals surface area contributed by atoms with E-state index in [0.29, 0.717) is 33.2 Å². The molecule has 160 valence electrons. The molecule has 0 aliphatic carbocycles. The maximum absolute atomic E-state index is 6.55. The van der Waals surface area contributed by atoms with Gasteiger partial charge in [0.25, 0.3) is 0 Å². The van der Waals surface area contributed by atoms with Crippen molar-refractivity contribution in [3.63, 3.8) is 0 Å². The zero-order valence-electron chi connectivity index (χ0n) is 15.9. The Morgan fingerprint density at radius 3 is 1.35 bits per heavy atom. The Labute approximate surface area is 198 Å². The molecule has 2 aromatic carbocycles. The van der Waals surface area contributed by atoms with E-state index in [-0.39, 0.29) is 0 Å². The summed E-state index contributed by atoms with van der Waals surface area (Å²) in [7, 11) is 0. The lowest BCUT2D eigenvalue weighted by Gasteiger charge is -2.26. The van der Waals surface area contributed by atoms with Gasteiger partial charge in [0.2, 0.25) is 0 Å². The zero-order chi connectivity index (χ0) is 21.8. The average Bonchev–Trinajstić information content (AvgIpc) is 3.45. The SMILES string of the molecule is Clc1ccc([C@@H](Cn2nccn2)O[C@H](Cn2nccn2)c2ccc(Cl)c(Cl)c2)cc1Cl. The van der Waals surface area contributed by atoms with Crippen molar-refractivity contribution in [1.29, 1.82) is 0 Å². The minimum Gasteiger partial charge on any atom is -0.362 e. The molecule has 0 amide bonds. The third kappa shape index (κ3) is 5.56. The van der Waals surface area contributed by atoms with Crippen molar-refractivity contribution >= 4 is 46.4 Å². The molecular formula is C20H16Cl4N6O. The standard InChI is InChI=1S/C20H16Cl4N6O/c21-15-3-1-13(9-17(15)23)19(11-29-25-5-6-26-29)31-20(12-30-27-7-8-28-30)14-2-4-16(22)18(24)10-14/h1-10,19-20H,11-12H2/t19-,20-/m1/s1. The maximum atomic E-state index is 6.55. The second-order valence-corrected chi connectivity index (χ2v) is 8.26. The fourth-order valence-electron chi connectivity index (χ4n) is 3.05. The molecule has 0 bridgehead atoms. The van der Waals surface area contributed by atoms with E-state index in [9.17, 15) is 0 Å². The molecule has 7 nitrogen and oxygen atoms in total. The summed E-state index contributed by atoms with van der Waals surface area (Å²) in [6.45, 7) is 0.713. The van der Waals surface area contributed by atoms with Crippen LogP contribution in [0.15, 0.2) is 61.2 Å². The molecule has 0 aliphatic rings. The first kappa shape index (κ1) is 22.0. The van der Waals surface area contributed by atoms with Gasteiger partial charge in [0.05, 0.1) is 58.0 Å². The summed E-state index contributed by atoms with van der Waals surface area (Å²) in [5.41, 5.74) is 1.65. The summed E-state index contributed by atoms with van der Waals surface area (Å²) in [5, 5.41) is 18.6. The molecule has 4 aromatic rings. The van der Waals surface area contributed by atoms with Crippen LogP contribution in [0.5, 0.6) is 0 Å². The van der Waals surface area contributed by atoms with Gasteiger partial charge in [-0.2, -0.15) is 30.0 Å². The third-order valence-electron chi connectivity index (χ3n) is 4.55. The first-order valence-electron chi connectivity index (χ1n) is 9.23. The lowest BCUT2D eigenvalue weighted by atomic mass is 10.1. The van der Waals surface area contributed by atoms with E-state index in [1.165, 1.54) is 0 Å². The molecular weight excluding hydrogens is 482 g/mol. The number of hydrogen-bond acceptors (Lipinski definition) is 5. The summed E-state index contributed by atoms with van der Waals surface area (Å²) < 4.78 is 6.55. The van der Waals surface area contributed by atoms with E-state index < -0.39 is 12.2 Å². The number of nitrogens with zero attached hydrogens (tertiary/aromatic N) is 6. The largest absolute Gasteiger partial charge is 0.362 e. The van der Waals surface area contributed by atoms with Gasteiger partial charge in [0.15, 0.2) is 0 Å². The average molecular weight is 498 g/mol. The van der Waals surface area contributed by atoms with E-state index >= 15 is 0 Å². The highest BCUT2D eigenvalue weighted by Gasteiger charge is 2.24. The van der Waals surface area contributed by atoms with E-state index in [0.717, 1.165) is 11.1 Å². The van der Waals surface area contributed by atoms with Crippen molar-refractivity contribution in [3.05, 3.63) is 92.4 Å². The molecule has 0 aliphatic heterocycles. The van der Waals surface area contributed by atoms with E-state index in [1.54, 1.807) is 58.6 Å². The molecule has 2 aromatic heterocycles. The minimum absolute atomic E-state index is 0.356. The number of halogens is 4. The van der Waals surface area contributed by atoms with Crippen molar-refractivity contribution in [2.75, 3.05) is 0 Å². The molecule has 0 saturated heterocycles. The van der Waals surface area contributed by atoms with Crippen LogP contribution in [-0.2, 0) is 17.8 Å². The highest BCUT2D eigenvalue weighted by atomic mass is 35.5. The highest BCUT2D eigenvalue weighted by Crippen LogP contribution is 2.34. The Morgan fingerprint density at radius 1 is 0.613 bits per heavy atom. The highest BCUT2D eigenvalue weighted by molar-refractivity contribution is 6.42. The first-order valence-corrected chi connectivity index (χ1v) is 10.7. The van der Waals surface area contributed by atoms with E-state index in [1.807, 2.05) is 12.1 Å². The van der Waals surface area contributed by atoms with Crippen LogP contribution in [0.3, 0.4) is 0 Å². The van der Waals surface area contributed by atoms with Crippen molar-refractivity contribution in [1.82, 2.24) is 30.0 Å². The van der Waals surface area contributed by atoms with Crippen molar-refractivity contribution in [3.8, 4) is 0 Å². The normalized spacial score (nSPS) is 13.3. The van der Waals surface area contributed by atoms with Crippen LogP contribution in [0.2, 0.25) is 20.1 Å². The maximum Gasteiger partial charge on any atom is 0.105 e. The van der Waals surface area contributed by atoms with Gasteiger partial charge in [-0.25, -0.2) is 0 Å². The molecule has 2 heterocycles. The number of rotatable bonds is 8. The van der Waals surface area contributed by atoms with Crippen LogP contribution in [0.1, 0.15) is 23.3 Å². The van der Waals surface area contributed by atoms with Gasteiger partial charge in [-0.3, -0.25) is 0 Å². The fourth-order valence-corrected chi connectivity index (χ4v) is 3.66. The number of hydrogen-bond donors (Lipinski definition) is 0. The summed E-state index contributed by atoms with van der Waals surface area (Å²) in [5.74, 6) is 0. The summed E-state index contributed by atoms with van der Waals surface area (Å²) in [6.07, 6.45) is 5.53. The molecule has 0 saturated carbocycles. The van der Waals surface area contributed by atoms with Gasteiger partial charge in [-0.15, -0.1) is 0 Å². The smallest absolute Gasteiger partial charge is 0.105 e. The minimum atomic E-state index is -0.447. The van der Waals surface area contributed by atoms with Gasteiger partial charge < -0.3 is 4.74 Å². The van der Waals surface area contributed by atoms with Crippen LogP contribution < -0.4 is 0 Å². The van der Waals surface area contributed by atoms with E-state index in [4.69, 9.17) is 51.1 Å². The predicted octanol–water partition coefficient (Wildman–Crippen LogP) is 5.68. The third-order valence-corrected chi connectivity index (χ3v) is 6.03. The topological polar surface area (TPSA) is 70.7 Å². The lowest BCUT2D eigenvalue weighted by molar-refractivity contribution is -0.0392. The van der Waals surface area contributed by atoms with Crippen molar-refractivity contribution in [2.24, 2.45) is 0 Å². The van der Waals surface area contributed by atoms with Gasteiger partial charge in [-0.05, 0) is 35.4 Å². The van der Waals surface area contributed by atoms with Crippen LogP contribution >= 0.6 is 46.4 Å². The molecule has 0 unspecified atom stereocenters. The van der Waals surface area contributed by atoms with Gasteiger partial charge >= 0.3 is 0 Å². The molecule has 0 spiro atoms.